The third-order valence-corrected chi connectivity index (χ3v) is 8.43. The Bertz CT molecular complexity index is 273. The van der Waals surface area contributed by atoms with Gasteiger partial charge >= 0.3 is 132 Å². The second kappa shape index (κ2) is 9.45. The van der Waals surface area contributed by atoms with Crippen molar-refractivity contribution in [2.24, 2.45) is 11.8 Å². The molecule has 3 N–H and O–H groups in total. The van der Waals surface area contributed by atoms with E-state index >= 15 is 0 Å². The second-order valence-corrected chi connectivity index (χ2v) is 10.5. The van der Waals surface area contributed by atoms with Crippen LogP contribution >= 0.6 is 7.28 Å². The fourth-order valence-corrected chi connectivity index (χ4v) is 6.25. The summed E-state index contributed by atoms with van der Waals surface area (Å²) in [6, 6.07) is 0. The summed E-state index contributed by atoms with van der Waals surface area (Å²) in [6.07, 6.45) is 8.32. The quantitative estimate of drug-likeness (QED) is 0.439. The Morgan fingerprint density at radius 1 is 0.810 bits per heavy atom. The van der Waals surface area contributed by atoms with E-state index < -0.39 is 12.9 Å². The van der Waals surface area contributed by atoms with Gasteiger partial charge in [-0.1, -0.05) is 0 Å². The van der Waals surface area contributed by atoms with Crippen molar-refractivity contribution in [3.63, 3.8) is 0 Å². The molecule has 0 bridgehead atoms. The molecule has 0 saturated heterocycles. The van der Waals surface area contributed by atoms with Crippen molar-refractivity contribution in [1.82, 2.24) is 0 Å². The molecule has 130 valence electrons. The summed E-state index contributed by atoms with van der Waals surface area (Å²) in [5.74, 6) is 0.417. The molecule has 0 radical (unpaired) electrons. The molecule has 0 aliphatic rings. The van der Waals surface area contributed by atoms with E-state index in [-0.39, 0.29) is 18.0 Å². The minimum absolute atomic E-state index is 0.186. The molecule has 0 aliphatic heterocycles. The monoisotopic (exact) mass is 322 g/mol. The minimum atomic E-state index is -4.56. The van der Waals surface area contributed by atoms with Crippen molar-refractivity contribution in [3.8, 4) is 0 Å². The molecule has 0 spiro atoms. The summed E-state index contributed by atoms with van der Waals surface area (Å²) >= 11 is 0. The number of hydrogen-bond donors (Lipinski definition) is 3. The Morgan fingerprint density at radius 2 is 1.33 bits per heavy atom. The summed E-state index contributed by atoms with van der Waals surface area (Å²) < 4.78 is 0. The van der Waals surface area contributed by atoms with E-state index in [0.717, 1.165) is 51.4 Å². The Kier molecular flexibility index (Phi) is 9.59. The maximum atomic E-state index is 10.7. The summed E-state index contributed by atoms with van der Waals surface area (Å²) in [7, 11) is -4.56. The molecule has 0 fully saturated rings. The molecule has 0 rings (SSSR count). The van der Waals surface area contributed by atoms with E-state index in [2.05, 4.69) is 27.7 Å². The van der Waals surface area contributed by atoms with Crippen LogP contribution in [0.1, 0.15) is 86.0 Å². The summed E-state index contributed by atoms with van der Waals surface area (Å²) in [6.45, 7) is 10.3. The molecule has 3 atom stereocenters. The molecule has 0 aromatic rings. The van der Waals surface area contributed by atoms with Gasteiger partial charge in [0, 0.05) is 0 Å². The van der Waals surface area contributed by atoms with Crippen molar-refractivity contribution < 1.29 is 14.7 Å². The summed E-state index contributed by atoms with van der Waals surface area (Å²) in [4.78, 5) is 32.1. The SMILES string of the molecule is CCCCC(CC)CP(O)(O)(O)C(C)C(CC)CCCC. The maximum absolute atomic E-state index is 10.7. The fraction of sp³-hybridized carbons (Fsp3) is 1.00. The van der Waals surface area contributed by atoms with E-state index in [1.807, 2.05) is 6.92 Å². The van der Waals surface area contributed by atoms with Crippen molar-refractivity contribution >= 4 is 7.28 Å². The van der Waals surface area contributed by atoms with Gasteiger partial charge in [-0.05, 0) is 0 Å². The molecule has 21 heavy (non-hydrogen) atoms. The normalized spacial score (nSPS) is 18.8. The van der Waals surface area contributed by atoms with Crippen LogP contribution in [0.3, 0.4) is 0 Å². The van der Waals surface area contributed by atoms with Crippen LogP contribution in [0.15, 0.2) is 0 Å². The van der Waals surface area contributed by atoms with Crippen molar-refractivity contribution in [2.75, 3.05) is 6.16 Å². The predicted octanol–water partition coefficient (Wildman–Crippen LogP) is 5.08. The van der Waals surface area contributed by atoms with Gasteiger partial charge in [0.15, 0.2) is 0 Å². The molecule has 3 unspecified atom stereocenters. The van der Waals surface area contributed by atoms with Crippen molar-refractivity contribution in [1.29, 1.82) is 0 Å². The topological polar surface area (TPSA) is 60.7 Å². The molecular formula is C17H39O3P. The number of rotatable bonds is 12. The fourth-order valence-electron chi connectivity index (χ4n) is 3.26. The third kappa shape index (κ3) is 7.41. The molecule has 4 heteroatoms. The first-order chi connectivity index (χ1) is 9.70. The zero-order chi connectivity index (χ0) is 16.5. The Balaban J connectivity index is 4.89. The van der Waals surface area contributed by atoms with Crippen LogP contribution in [0.5, 0.6) is 0 Å². The van der Waals surface area contributed by atoms with E-state index in [4.69, 9.17) is 0 Å². The predicted molar refractivity (Wildman–Crippen MR) is 94.5 cm³/mol. The first-order valence-corrected chi connectivity index (χ1v) is 11.3. The van der Waals surface area contributed by atoms with Crippen LogP contribution in [-0.2, 0) is 0 Å². The zero-order valence-corrected chi connectivity index (χ0v) is 15.8. The van der Waals surface area contributed by atoms with Crippen LogP contribution in [0.2, 0.25) is 0 Å². The van der Waals surface area contributed by atoms with Crippen molar-refractivity contribution in [3.05, 3.63) is 0 Å². The van der Waals surface area contributed by atoms with E-state index in [0.29, 0.717) is 0 Å². The molecular weight excluding hydrogens is 283 g/mol. The number of unbranched alkanes of at least 4 members (excludes halogenated alkanes) is 2. The average molecular weight is 322 g/mol. The second-order valence-electron chi connectivity index (χ2n) is 6.87. The summed E-state index contributed by atoms with van der Waals surface area (Å²) in [5, 5.41) is 0. The van der Waals surface area contributed by atoms with Crippen molar-refractivity contribution in [2.45, 2.75) is 91.6 Å². The first kappa shape index (κ1) is 21.3. The molecule has 0 saturated carbocycles. The van der Waals surface area contributed by atoms with Crippen LogP contribution in [0, 0.1) is 11.8 Å². The Hall–Kier alpha value is 0.310. The van der Waals surface area contributed by atoms with E-state index in [1.54, 1.807) is 0 Å². The van der Waals surface area contributed by atoms with Crippen LogP contribution < -0.4 is 0 Å². The average Bonchev–Trinajstić information content (AvgIpc) is 2.43. The summed E-state index contributed by atoms with van der Waals surface area (Å²) in [5.41, 5.74) is -0.400. The van der Waals surface area contributed by atoms with Gasteiger partial charge in [-0.15, -0.1) is 0 Å². The molecule has 0 amide bonds. The van der Waals surface area contributed by atoms with Gasteiger partial charge in [0.2, 0.25) is 0 Å². The Labute approximate surface area is 132 Å². The Morgan fingerprint density at radius 3 is 1.76 bits per heavy atom. The molecule has 3 nitrogen and oxygen atoms in total. The van der Waals surface area contributed by atoms with E-state index in [1.165, 1.54) is 0 Å². The van der Waals surface area contributed by atoms with Gasteiger partial charge in [-0.2, -0.15) is 0 Å². The molecule has 0 aromatic heterocycles. The zero-order valence-electron chi connectivity index (χ0n) is 14.9. The molecule has 0 aliphatic carbocycles. The molecule has 0 aromatic carbocycles. The van der Waals surface area contributed by atoms with Gasteiger partial charge in [0.1, 0.15) is 0 Å². The van der Waals surface area contributed by atoms with Crippen LogP contribution in [-0.4, -0.2) is 26.5 Å². The standard InChI is InChI=1S/C17H39O3P/c1-6-10-12-16(8-3)14-21(18,19,20)15(5)17(9-4)13-11-7-2/h15-20H,6-14H2,1-5H3. The van der Waals surface area contributed by atoms with E-state index in [9.17, 15) is 14.7 Å². The number of hydrogen-bond acceptors (Lipinski definition) is 3. The van der Waals surface area contributed by atoms with Crippen LogP contribution in [0.25, 0.3) is 0 Å². The van der Waals surface area contributed by atoms with Gasteiger partial charge in [-0.3, -0.25) is 0 Å². The first-order valence-electron chi connectivity index (χ1n) is 8.95. The third-order valence-electron chi connectivity index (χ3n) is 5.12. The van der Waals surface area contributed by atoms with Gasteiger partial charge < -0.3 is 0 Å². The van der Waals surface area contributed by atoms with Gasteiger partial charge in [0.25, 0.3) is 0 Å². The molecule has 0 heterocycles. The van der Waals surface area contributed by atoms with Crippen LogP contribution in [0.4, 0.5) is 0 Å². The van der Waals surface area contributed by atoms with Gasteiger partial charge in [0.05, 0.1) is 0 Å². The van der Waals surface area contributed by atoms with Gasteiger partial charge in [-0.25, -0.2) is 0 Å².